The van der Waals surface area contributed by atoms with Crippen molar-refractivity contribution >= 4 is 12.4 Å². The monoisotopic (exact) mass is 342 g/mol. The van der Waals surface area contributed by atoms with Gasteiger partial charge in [0.25, 0.3) is 0 Å². The van der Waals surface area contributed by atoms with Gasteiger partial charge in [0.2, 0.25) is 0 Å². The zero-order valence-corrected chi connectivity index (χ0v) is 16.5. The molecule has 1 unspecified atom stereocenters. The highest BCUT2D eigenvalue weighted by atomic mass is 35.5. The summed E-state index contributed by atoms with van der Waals surface area (Å²) in [4.78, 5) is 4.59. The number of imidazole rings is 1. The minimum atomic E-state index is 0. The molecule has 23 heavy (non-hydrogen) atoms. The third kappa shape index (κ3) is 10.1. The number of hydrogen-bond acceptors (Lipinski definition) is 1. The molecule has 1 aromatic rings. The van der Waals surface area contributed by atoms with Crippen LogP contribution in [0.2, 0.25) is 0 Å². The van der Waals surface area contributed by atoms with Crippen LogP contribution in [0.3, 0.4) is 0 Å². The van der Waals surface area contributed by atoms with Gasteiger partial charge in [-0.1, -0.05) is 84.5 Å². The fourth-order valence-electron chi connectivity index (χ4n) is 3.32. The van der Waals surface area contributed by atoms with Crippen molar-refractivity contribution in [2.24, 2.45) is 7.05 Å². The summed E-state index contributed by atoms with van der Waals surface area (Å²) in [7, 11) is 2.14. The molecule has 0 saturated heterocycles. The molecule has 0 aliphatic rings. The Balaban J connectivity index is 0.00000484. The number of nitrogens with zero attached hydrogens (tertiary/aromatic N) is 2. The topological polar surface area (TPSA) is 17.8 Å². The van der Waals surface area contributed by atoms with Crippen molar-refractivity contribution in [2.45, 2.75) is 103 Å². The molecular formula is C20H39ClN2. The Morgan fingerprint density at radius 3 is 1.87 bits per heavy atom. The van der Waals surface area contributed by atoms with E-state index < -0.39 is 0 Å². The van der Waals surface area contributed by atoms with Crippen molar-refractivity contribution in [3.8, 4) is 0 Å². The van der Waals surface area contributed by atoms with E-state index in [0.29, 0.717) is 5.92 Å². The Morgan fingerprint density at radius 2 is 1.35 bits per heavy atom. The number of unbranched alkanes of at least 4 members (excludes halogenated alkanes) is 9. The lowest BCUT2D eigenvalue weighted by atomic mass is 9.94. The van der Waals surface area contributed by atoms with Crippen molar-refractivity contribution in [2.75, 3.05) is 0 Å². The van der Waals surface area contributed by atoms with Crippen molar-refractivity contribution in [3.05, 3.63) is 18.2 Å². The van der Waals surface area contributed by atoms with Gasteiger partial charge < -0.3 is 4.57 Å². The molecule has 0 fully saturated rings. The van der Waals surface area contributed by atoms with Crippen molar-refractivity contribution in [1.82, 2.24) is 9.55 Å². The van der Waals surface area contributed by atoms with E-state index in [-0.39, 0.29) is 12.4 Å². The predicted molar refractivity (Wildman–Crippen MR) is 105 cm³/mol. The maximum absolute atomic E-state index is 4.59. The number of halogens is 1. The molecule has 1 rings (SSSR count). The molecule has 0 aliphatic heterocycles. The van der Waals surface area contributed by atoms with E-state index in [1.165, 1.54) is 89.3 Å². The molecule has 0 bridgehead atoms. The summed E-state index contributed by atoms with van der Waals surface area (Å²) in [6.07, 6.45) is 22.0. The maximum Gasteiger partial charge on any atom is 0.111 e. The largest absolute Gasteiger partial charge is 0.338 e. The summed E-state index contributed by atoms with van der Waals surface area (Å²) in [5.41, 5.74) is 0. The molecule has 3 heteroatoms. The highest BCUT2D eigenvalue weighted by Gasteiger charge is 2.14. The lowest BCUT2D eigenvalue weighted by Gasteiger charge is -2.16. The van der Waals surface area contributed by atoms with Gasteiger partial charge >= 0.3 is 0 Å². The smallest absolute Gasteiger partial charge is 0.111 e. The molecule has 0 N–H and O–H groups in total. The first kappa shape index (κ1) is 22.5. The first-order chi connectivity index (χ1) is 10.8. The lowest BCUT2D eigenvalue weighted by Crippen LogP contribution is -2.06. The van der Waals surface area contributed by atoms with E-state index in [9.17, 15) is 0 Å². The third-order valence-corrected chi connectivity index (χ3v) is 4.79. The second-order valence-corrected chi connectivity index (χ2v) is 6.85. The fraction of sp³-hybridized carbons (Fsp3) is 0.850. The van der Waals surface area contributed by atoms with Crippen LogP contribution in [0.5, 0.6) is 0 Å². The van der Waals surface area contributed by atoms with Gasteiger partial charge in [-0.25, -0.2) is 4.98 Å². The molecule has 1 atom stereocenters. The predicted octanol–water partition coefficient (Wildman–Crippen LogP) is 7.04. The van der Waals surface area contributed by atoms with E-state index in [4.69, 9.17) is 0 Å². The lowest BCUT2D eigenvalue weighted by molar-refractivity contribution is 0.473. The average Bonchev–Trinajstić information content (AvgIpc) is 2.94. The number of aryl methyl sites for hydroxylation is 1. The highest BCUT2D eigenvalue weighted by Crippen LogP contribution is 2.26. The average molecular weight is 343 g/mol. The van der Waals surface area contributed by atoms with Gasteiger partial charge in [-0.2, -0.15) is 0 Å². The SMILES string of the molecule is CCCCCCCCCCCC(CCCC)c1nccn1C.Cl. The van der Waals surface area contributed by atoms with Crippen LogP contribution in [0, 0.1) is 0 Å². The second kappa shape index (κ2) is 15.1. The standard InChI is InChI=1S/C20H38N2.ClH/c1-4-6-8-9-10-11-12-13-14-16-19(15-7-5-2)20-21-17-18-22(20)3;/h17-19H,4-16H2,1-3H3;1H. The van der Waals surface area contributed by atoms with Gasteiger partial charge in [0.1, 0.15) is 5.82 Å². The summed E-state index contributed by atoms with van der Waals surface area (Å²) < 4.78 is 2.22. The molecule has 1 aromatic heterocycles. The van der Waals surface area contributed by atoms with Gasteiger partial charge in [0.05, 0.1) is 0 Å². The van der Waals surface area contributed by atoms with Gasteiger partial charge in [-0.15, -0.1) is 12.4 Å². The molecule has 0 aromatic carbocycles. The van der Waals surface area contributed by atoms with Gasteiger partial charge in [-0.3, -0.25) is 0 Å². The molecule has 136 valence electrons. The van der Waals surface area contributed by atoms with Crippen LogP contribution >= 0.6 is 12.4 Å². The second-order valence-electron chi connectivity index (χ2n) is 6.85. The summed E-state index contributed by atoms with van der Waals surface area (Å²) in [6, 6.07) is 0. The molecule has 0 saturated carbocycles. The van der Waals surface area contributed by atoms with E-state index in [2.05, 4.69) is 36.6 Å². The van der Waals surface area contributed by atoms with E-state index in [1.807, 2.05) is 6.20 Å². The Kier molecular flexibility index (Phi) is 14.7. The molecule has 0 spiro atoms. The van der Waals surface area contributed by atoms with Crippen LogP contribution < -0.4 is 0 Å². The number of hydrogen-bond donors (Lipinski definition) is 0. The molecule has 0 aliphatic carbocycles. The zero-order valence-electron chi connectivity index (χ0n) is 15.7. The van der Waals surface area contributed by atoms with Crippen LogP contribution in [0.1, 0.15) is 109 Å². The number of rotatable bonds is 14. The van der Waals surface area contributed by atoms with Crippen LogP contribution in [0.25, 0.3) is 0 Å². The summed E-state index contributed by atoms with van der Waals surface area (Å²) >= 11 is 0. The Bertz CT molecular complexity index is 362. The zero-order chi connectivity index (χ0) is 16.0. The summed E-state index contributed by atoms with van der Waals surface area (Å²) in [6.45, 7) is 4.57. The van der Waals surface area contributed by atoms with Gasteiger partial charge in [0, 0.05) is 25.4 Å². The van der Waals surface area contributed by atoms with Crippen LogP contribution in [-0.2, 0) is 7.05 Å². The Labute approximate surface area is 150 Å². The minimum absolute atomic E-state index is 0. The van der Waals surface area contributed by atoms with Crippen LogP contribution in [-0.4, -0.2) is 9.55 Å². The number of aromatic nitrogens is 2. The summed E-state index contributed by atoms with van der Waals surface area (Å²) in [5, 5.41) is 0. The van der Waals surface area contributed by atoms with Crippen molar-refractivity contribution in [1.29, 1.82) is 0 Å². The van der Waals surface area contributed by atoms with E-state index >= 15 is 0 Å². The first-order valence-electron chi connectivity index (χ1n) is 9.76. The maximum atomic E-state index is 4.59. The Morgan fingerprint density at radius 1 is 0.826 bits per heavy atom. The molecular weight excluding hydrogens is 304 g/mol. The fourth-order valence-corrected chi connectivity index (χ4v) is 3.32. The molecule has 0 radical (unpaired) electrons. The van der Waals surface area contributed by atoms with E-state index in [1.54, 1.807) is 0 Å². The van der Waals surface area contributed by atoms with Crippen molar-refractivity contribution in [3.63, 3.8) is 0 Å². The van der Waals surface area contributed by atoms with Crippen LogP contribution in [0.4, 0.5) is 0 Å². The molecule has 0 amide bonds. The van der Waals surface area contributed by atoms with Crippen LogP contribution in [0.15, 0.2) is 12.4 Å². The molecule has 2 nitrogen and oxygen atoms in total. The minimum Gasteiger partial charge on any atom is -0.338 e. The first-order valence-corrected chi connectivity index (χ1v) is 9.76. The van der Waals surface area contributed by atoms with Gasteiger partial charge in [0.15, 0.2) is 0 Å². The quantitative estimate of drug-likeness (QED) is 0.331. The normalized spacial score (nSPS) is 12.1. The van der Waals surface area contributed by atoms with E-state index in [0.717, 1.165) is 0 Å². The highest BCUT2D eigenvalue weighted by molar-refractivity contribution is 5.85. The Hall–Kier alpha value is -0.500. The summed E-state index contributed by atoms with van der Waals surface area (Å²) in [5.74, 6) is 1.97. The van der Waals surface area contributed by atoms with Crippen molar-refractivity contribution < 1.29 is 0 Å². The molecule has 1 heterocycles. The third-order valence-electron chi connectivity index (χ3n) is 4.79. The van der Waals surface area contributed by atoms with Gasteiger partial charge in [-0.05, 0) is 12.8 Å².